The smallest absolute Gasteiger partial charge is 0.262 e. The van der Waals surface area contributed by atoms with Crippen molar-refractivity contribution in [3.05, 3.63) is 58.6 Å². The minimum atomic E-state index is -0.526. The van der Waals surface area contributed by atoms with Gasteiger partial charge in [-0.25, -0.2) is 0 Å². The predicted molar refractivity (Wildman–Crippen MR) is 119 cm³/mol. The lowest BCUT2D eigenvalue weighted by molar-refractivity contribution is -0.128. The number of halogens is 1. The van der Waals surface area contributed by atoms with E-state index in [4.69, 9.17) is 21.1 Å². The van der Waals surface area contributed by atoms with Gasteiger partial charge in [-0.15, -0.1) is 0 Å². The summed E-state index contributed by atoms with van der Waals surface area (Å²) in [6, 6.07) is 10.4. The number of carbonyl (C=O) groups is 3. The number of hydrogen-bond acceptors (Lipinski definition) is 5. The van der Waals surface area contributed by atoms with Crippen molar-refractivity contribution in [2.24, 2.45) is 0 Å². The van der Waals surface area contributed by atoms with Gasteiger partial charge in [0, 0.05) is 29.6 Å². The Balaban J connectivity index is 1.76. The van der Waals surface area contributed by atoms with Gasteiger partial charge in [0.15, 0.2) is 11.5 Å². The van der Waals surface area contributed by atoms with Gasteiger partial charge < -0.3 is 14.8 Å². The Kier molecular flexibility index (Phi) is 8.90. The fourth-order valence-corrected chi connectivity index (χ4v) is 2.72. The molecule has 3 amide bonds. The van der Waals surface area contributed by atoms with Gasteiger partial charge in [0.25, 0.3) is 5.91 Å². The van der Waals surface area contributed by atoms with Gasteiger partial charge >= 0.3 is 0 Å². The van der Waals surface area contributed by atoms with Gasteiger partial charge in [-0.2, -0.15) is 0 Å². The highest BCUT2D eigenvalue weighted by Gasteiger charge is 2.10. The molecule has 0 aliphatic carbocycles. The highest BCUT2D eigenvalue weighted by Crippen LogP contribution is 2.28. The summed E-state index contributed by atoms with van der Waals surface area (Å²) >= 11 is 6.02. The van der Waals surface area contributed by atoms with Gasteiger partial charge in [-0.1, -0.05) is 23.7 Å². The summed E-state index contributed by atoms with van der Waals surface area (Å²) in [4.78, 5) is 35.8. The predicted octanol–water partition coefficient (Wildman–Crippen LogP) is 3.25. The van der Waals surface area contributed by atoms with Crippen LogP contribution in [-0.2, 0) is 14.4 Å². The molecule has 2 rings (SSSR count). The quantitative estimate of drug-likeness (QED) is 0.427. The number of hydrogen-bond donors (Lipinski definition) is 3. The summed E-state index contributed by atoms with van der Waals surface area (Å²) in [7, 11) is 3.05. The van der Waals surface area contributed by atoms with Crippen LogP contribution >= 0.6 is 11.6 Å². The van der Waals surface area contributed by atoms with E-state index in [1.165, 1.54) is 20.3 Å². The number of benzene rings is 2. The van der Waals surface area contributed by atoms with E-state index in [1.54, 1.807) is 49.4 Å². The van der Waals surface area contributed by atoms with Crippen molar-refractivity contribution in [2.45, 2.75) is 19.8 Å². The molecule has 0 radical (unpaired) electrons. The SMILES string of the molecule is COc1ccc(/C=C/C(=O)NNC(=O)CCC(=O)Nc2cccc(Cl)c2C)cc1OC. The Labute approximate surface area is 185 Å². The van der Waals surface area contributed by atoms with Crippen molar-refractivity contribution < 1.29 is 23.9 Å². The monoisotopic (exact) mass is 445 g/mol. The van der Waals surface area contributed by atoms with Crippen molar-refractivity contribution in [2.75, 3.05) is 19.5 Å². The average molecular weight is 446 g/mol. The van der Waals surface area contributed by atoms with E-state index in [0.29, 0.717) is 27.8 Å². The first kappa shape index (κ1) is 23.8. The minimum Gasteiger partial charge on any atom is -0.493 e. The number of nitrogens with one attached hydrogen (secondary N) is 3. The lowest BCUT2D eigenvalue weighted by Gasteiger charge is -2.09. The highest BCUT2D eigenvalue weighted by molar-refractivity contribution is 6.31. The standard InChI is InChI=1S/C22H24ClN3O5/c1-14-16(23)5-4-6-17(14)24-20(27)11-12-22(29)26-25-21(28)10-8-15-7-9-18(30-2)19(13-15)31-3/h4-10,13H,11-12H2,1-3H3,(H,24,27)(H,25,28)(H,26,29)/b10-8+. The molecular formula is C22H24ClN3O5. The van der Waals surface area contributed by atoms with E-state index < -0.39 is 11.8 Å². The normalized spacial score (nSPS) is 10.5. The Morgan fingerprint density at radius 2 is 1.68 bits per heavy atom. The Hall–Kier alpha value is -3.52. The second-order valence-corrected chi connectivity index (χ2v) is 6.85. The van der Waals surface area contributed by atoms with Gasteiger partial charge in [0.1, 0.15) is 0 Å². The fourth-order valence-electron chi connectivity index (χ4n) is 2.55. The molecule has 0 aliphatic heterocycles. The molecule has 3 N–H and O–H groups in total. The van der Waals surface area contributed by atoms with Gasteiger partial charge in [0.05, 0.1) is 14.2 Å². The number of rotatable bonds is 8. The van der Waals surface area contributed by atoms with E-state index in [1.807, 2.05) is 0 Å². The van der Waals surface area contributed by atoms with Crippen LogP contribution in [0.25, 0.3) is 6.08 Å². The molecule has 0 fully saturated rings. The summed E-state index contributed by atoms with van der Waals surface area (Å²) < 4.78 is 10.4. The maximum atomic E-state index is 12.0. The van der Waals surface area contributed by atoms with Gasteiger partial charge in [-0.05, 0) is 48.4 Å². The van der Waals surface area contributed by atoms with Crippen LogP contribution in [0.2, 0.25) is 5.02 Å². The summed E-state index contributed by atoms with van der Waals surface area (Å²) in [6.45, 7) is 1.79. The molecular weight excluding hydrogens is 422 g/mol. The zero-order valence-corrected chi connectivity index (χ0v) is 18.2. The Morgan fingerprint density at radius 1 is 0.968 bits per heavy atom. The molecule has 164 valence electrons. The number of anilines is 1. The zero-order chi connectivity index (χ0) is 22.8. The first-order valence-electron chi connectivity index (χ1n) is 9.38. The Bertz CT molecular complexity index is 991. The number of amides is 3. The molecule has 9 heteroatoms. The number of hydrazine groups is 1. The molecule has 0 aromatic heterocycles. The lowest BCUT2D eigenvalue weighted by Crippen LogP contribution is -2.41. The van der Waals surface area contributed by atoms with Crippen LogP contribution in [0.15, 0.2) is 42.5 Å². The maximum absolute atomic E-state index is 12.0. The van der Waals surface area contributed by atoms with Crippen molar-refractivity contribution in [1.82, 2.24) is 10.9 Å². The van der Waals surface area contributed by atoms with E-state index in [2.05, 4.69) is 16.2 Å². The zero-order valence-electron chi connectivity index (χ0n) is 17.5. The molecule has 0 saturated heterocycles. The third-order valence-electron chi connectivity index (χ3n) is 4.28. The van der Waals surface area contributed by atoms with Gasteiger partial charge in [-0.3, -0.25) is 25.2 Å². The summed E-state index contributed by atoms with van der Waals surface area (Å²) in [5.41, 5.74) is 6.58. The van der Waals surface area contributed by atoms with E-state index in [-0.39, 0.29) is 18.7 Å². The van der Waals surface area contributed by atoms with Crippen LogP contribution in [-0.4, -0.2) is 31.9 Å². The average Bonchev–Trinajstić information content (AvgIpc) is 2.77. The minimum absolute atomic E-state index is 0.0465. The molecule has 31 heavy (non-hydrogen) atoms. The molecule has 8 nitrogen and oxygen atoms in total. The van der Waals surface area contributed by atoms with Crippen LogP contribution < -0.4 is 25.6 Å². The topological polar surface area (TPSA) is 106 Å². The maximum Gasteiger partial charge on any atom is 0.262 e. The molecule has 2 aromatic rings. The fraction of sp³-hybridized carbons (Fsp3) is 0.227. The van der Waals surface area contributed by atoms with Crippen molar-refractivity contribution >= 4 is 41.1 Å². The first-order chi connectivity index (χ1) is 14.8. The molecule has 0 unspecified atom stereocenters. The summed E-state index contributed by atoms with van der Waals surface area (Å²) in [5, 5.41) is 3.25. The molecule has 0 saturated carbocycles. The van der Waals surface area contributed by atoms with Crippen LogP contribution in [0.3, 0.4) is 0 Å². The van der Waals surface area contributed by atoms with E-state index in [0.717, 1.165) is 5.56 Å². The van der Waals surface area contributed by atoms with Crippen LogP contribution in [0.4, 0.5) is 5.69 Å². The number of ether oxygens (including phenoxy) is 2. The lowest BCUT2D eigenvalue weighted by atomic mass is 10.2. The Morgan fingerprint density at radius 3 is 2.39 bits per heavy atom. The third-order valence-corrected chi connectivity index (χ3v) is 4.69. The van der Waals surface area contributed by atoms with E-state index >= 15 is 0 Å². The van der Waals surface area contributed by atoms with Crippen LogP contribution in [0.1, 0.15) is 24.0 Å². The van der Waals surface area contributed by atoms with Gasteiger partial charge in [0.2, 0.25) is 11.8 Å². The summed E-state index contributed by atoms with van der Waals surface area (Å²) in [6.07, 6.45) is 2.68. The molecule has 2 aromatic carbocycles. The number of methoxy groups -OCH3 is 2. The second kappa shape index (κ2) is 11.6. The highest BCUT2D eigenvalue weighted by atomic mass is 35.5. The van der Waals surface area contributed by atoms with Crippen molar-refractivity contribution in [3.63, 3.8) is 0 Å². The molecule has 0 heterocycles. The second-order valence-electron chi connectivity index (χ2n) is 6.45. The number of carbonyl (C=O) groups excluding carboxylic acids is 3. The van der Waals surface area contributed by atoms with Crippen molar-refractivity contribution in [1.29, 1.82) is 0 Å². The summed E-state index contributed by atoms with van der Waals surface area (Å²) in [5.74, 6) is -0.247. The molecule has 0 aliphatic rings. The van der Waals surface area contributed by atoms with Crippen LogP contribution in [0, 0.1) is 6.92 Å². The molecule has 0 atom stereocenters. The third kappa shape index (κ3) is 7.35. The van der Waals surface area contributed by atoms with Crippen LogP contribution in [0.5, 0.6) is 11.5 Å². The van der Waals surface area contributed by atoms with Crippen molar-refractivity contribution in [3.8, 4) is 11.5 Å². The molecule has 0 bridgehead atoms. The van der Waals surface area contributed by atoms with E-state index in [9.17, 15) is 14.4 Å². The first-order valence-corrected chi connectivity index (χ1v) is 9.75. The largest absolute Gasteiger partial charge is 0.493 e. The molecule has 0 spiro atoms.